The number of nitrogens with one attached hydrogen (secondary N) is 1. The number of methoxy groups -OCH3 is 2. The molecule has 0 atom stereocenters. The minimum atomic E-state index is -0.384. The van der Waals surface area contributed by atoms with Crippen molar-refractivity contribution in [3.63, 3.8) is 0 Å². The molecule has 1 amide bonds. The van der Waals surface area contributed by atoms with Crippen LogP contribution in [0.2, 0.25) is 5.02 Å². The van der Waals surface area contributed by atoms with Crippen LogP contribution in [0.5, 0.6) is 5.75 Å². The monoisotopic (exact) mass is 372 g/mol. The lowest BCUT2D eigenvalue weighted by molar-refractivity contribution is 0.101. The second-order valence-corrected chi connectivity index (χ2v) is 5.83. The molecule has 26 heavy (non-hydrogen) atoms. The molecule has 0 saturated carbocycles. The van der Waals surface area contributed by atoms with Crippen LogP contribution in [0.1, 0.15) is 16.2 Å². The van der Waals surface area contributed by atoms with Crippen molar-refractivity contribution in [3.8, 4) is 11.4 Å². The van der Waals surface area contributed by atoms with E-state index >= 15 is 0 Å². The van der Waals surface area contributed by atoms with Gasteiger partial charge in [-0.25, -0.2) is 4.68 Å². The zero-order valence-electron chi connectivity index (χ0n) is 14.3. The third-order valence-electron chi connectivity index (χ3n) is 3.66. The summed E-state index contributed by atoms with van der Waals surface area (Å²) in [7, 11) is 3.11. The average molecular weight is 373 g/mol. The first-order chi connectivity index (χ1) is 12.6. The van der Waals surface area contributed by atoms with Crippen molar-refractivity contribution in [1.82, 2.24) is 15.0 Å². The maximum Gasteiger partial charge on any atom is 0.278 e. The van der Waals surface area contributed by atoms with E-state index in [1.165, 1.54) is 0 Å². The molecule has 0 fully saturated rings. The van der Waals surface area contributed by atoms with Gasteiger partial charge in [0.2, 0.25) is 0 Å². The molecule has 0 bridgehead atoms. The van der Waals surface area contributed by atoms with E-state index in [0.29, 0.717) is 22.2 Å². The van der Waals surface area contributed by atoms with Crippen molar-refractivity contribution in [2.45, 2.75) is 6.61 Å². The first kappa shape index (κ1) is 17.9. The Kier molecular flexibility index (Phi) is 5.50. The van der Waals surface area contributed by atoms with E-state index in [0.717, 1.165) is 5.69 Å². The third kappa shape index (κ3) is 3.84. The number of nitrogens with zero attached hydrogens (tertiary/aromatic N) is 3. The molecule has 1 N–H and O–H groups in total. The largest absolute Gasteiger partial charge is 0.497 e. The second kappa shape index (κ2) is 7.99. The molecule has 0 spiro atoms. The molecule has 134 valence electrons. The number of anilines is 1. The quantitative estimate of drug-likeness (QED) is 0.718. The van der Waals surface area contributed by atoms with Gasteiger partial charge >= 0.3 is 0 Å². The summed E-state index contributed by atoms with van der Waals surface area (Å²) in [6.07, 6.45) is 0. The Hall–Kier alpha value is -2.90. The van der Waals surface area contributed by atoms with Gasteiger partial charge in [-0.05, 0) is 36.4 Å². The van der Waals surface area contributed by atoms with Gasteiger partial charge in [0.25, 0.3) is 5.91 Å². The zero-order chi connectivity index (χ0) is 18.5. The van der Waals surface area contributed by atoms with Gasteiger partial charge in [-0.3, -0.25) is 4.79 Å². The Morgan fingerprint density at radius 1 is 1.19 bits per heavy atom. The van der Waals surface area contributed by atoms with Crippen molar-refractivity contribution < 1.29 is 14.3 Å². The Morgan fingerprint density at radius 3 is 2.65 bits per heavy atom. The third-order valence-corrected chi connectivity index (χ3v) is 3.91. The molecule has 3 rings (SSSR count). The molecule has 3 aromatic rings. The van der Waals surface area contributed by atoms with E-state index < -0.39 is 0 Å². The van der Waals surface area contributed by atoms with Crippen molar-refractivity contribution in [1.29, 1.82) is 0 Å². The fraction of sp³-hybridized carbons (Fsp3) is 0.167. The number of rotatable bonds is 6. The lowest BCUT2D eigenvalue weighted by atomic mass is 10.2. The summed E-state index contributed by atoms with van der Waals surface area (Å²) in [5.74, 6) is 0.259. The molecule has 0 saturated heterocycles. The highest BCUT2D eigenvalue weighted by Gasteiger charge is 2.21. The molecule has 1 heterocycles. The number of benzene rings is 2. The summed E-state index contributed by atoms with van der Waals surface area (Å²) >= 11 is 5.93. The molecule has 1 aromatic heterocycles. The summed E-state index contributed by atoms with van der Waals surface area (Å²) < 4.78 is 11.9. The predicted octanol–water partition coefficient (Wildman–Crippen LogP) is 3.33. The van der Waals surface area contributed by atoms with Crippen molar-refractivity contribution in [2.75, 3.05) is 19.5 Å². The van der Waals surface area contributed by atoms with E-state index in [-0.39, 0.29) is 18.2 Å². The summed E-state index contributed by atoms with van der Waals surface area (Å²) in [4.78, 5) is 12.7. The molecular weight excluding hydrogens is 356 g/mol. The first-order valence-corrected chi connectivity index (χ1v) is 8.15. The minimum absolute atomic E-state index is 0.177. The molecule has 7 nitrogen and oxygen atoms in total. The fourth-order valence-corrected chi connectivity index (χ4v) is 2.55. The fourth-order valence-electron chi connectivity index (χ4n) is 2.43. The summed E-state index contributed by atoms with van der Waals surface area (Å²) in [5.41, 5.74) is 2.05. The van der Waals surface area contributed by atoms with Crippen LogP contribution in [0, 0.1) is 0 Å². The molecule has 0 unspecified atom stereocenters. The van der Waals surface area contributed by atoms with Crippen LogP contribution in [-0.4, -0.2) is 35.1 Å². The second-order valence-electron chi connectivity index (χ2n) is 5.39. The Labute approximate surface area is 155 Å². The number of hydrogen-bond acceptors (Lipinski definition) is 5. The van der Waals surface area contributed by atoms with Crippen molar-refractivity contribution in [3.05, 3.63) is 64.9 Å². The number of aromatic nitrogens is 3. The van der Waals surface area contributed by atoms with E-state index in [1.54, 1.807) is 67.4 Å². The van der Waals surface area contributed by atoms with Gasteiger partial charge in [0.05, 0.1) is 19.4 Å². The highest BCUT2D eigenvalue weighted by Crippen LogP contribution is 2.20. The number of carbonyl (C=O) groups is 1. The van der Waals surface area contributed by atoms with Gasteiger partial charge in [0.15, 0.2) is 5.69 Å². The standard InChI is InChI=1S/C18H17ClN4O3/c1-25-11-16-17(18(24)20-13-4-3-5-15(10-13)26-2)21-22-23(16)14-8-6-12(19)7-9-14/h3-10H,11H2,1-2H3,(H,20,24). The molecular formula is C18H17ClN4O3. The number of carbonyl (C=O) groups excluding carboxylic acids is 1. The van der Waals surface area contributed by atoms with Gasteiger partial charge in [-0.1, -0.05) is 22.9 Å². The highest BCUT2D eigenvalue weighted by molar-refractivity contribution is 6.30. The maximum absolute atomic E-state index is 12.7. The summed E-state index contributed by atoms with van der Waals surface area (Å²) in [5, 5.41) is 11.5. The first-order valence-electron chi connectivity index (χ1n) is 7.77. The predicted molar refractivity (Wildman–Crippen MR) is 98.0 cm³/mol. The number of ether oxygens (including phenoxy) is 2. The molecule has 0 aliphatic heterocycles. The molecule has 8 heteroatoms. The smallest absolute Gasteiger partial charge is 0.278 e. The van der Waals surface area contributed by atoms with Gasteiger partial charge < -0.3 is 14.8 Å². The zero-order valence-corrected chi connectivity index (χ0v) is 15.0. The summed E-state index contributed by atoms with van der Waals surface area (Å²) in [6, 6.07) is 14.1. The molecule has 2 aromatic carbocycles. The van der Waals surface area contributed by atoms with E-state index in [9.17, 15) is 4.79 Å². The minimum Gasteiger partial charge on any atom is -0.497 e. The topological polar surface area (TPSA) is 78.3 Å². The van der Waals surface area contributed by atoms with E-state index in [2.05, 4.69) is 15.6 Å². The summed E-state index contributed by atoms with van der Waals surface area (Å²) in [6.45, 7) is 0.177. The molecule has 0 radical (unpaired) electrons. The van der Waals surface area contributed by atoms with Gasteiger partial charge in [0, 0.05) is 23.9 Å². The van der Waals surface area contributed by atoms with Crippen LogP contribution < -0.4 is 10.1 Å². The maximum atomic E-state index is 12.7. The van der Waals surface area contributed by atoms with Gasteiger partial charge in [0.1, 0.15) is 11.4 Å². The van der Waals surface area contributed by atoms with Crippen LogP contribution in [0.3, 0.4) is 0 Å². The number of amides is 1. The van der Waals surface area contributed by atoms with Gasteiger partial charge in [-0.2, -0.15) is 0 Å². The van der Waals surface area contributed by atoms with E-state index in [1.807, 2.05) is 0 Å². The number of hydrogen-bond donors (Lipinski definition) is 1. The van der Waals surface area contributed by atoms with Crippen molar-refractivity contribution >= 4 is 23.2 Å². The Bertz CT molecular complexity index is 909. The van der Waals surface area contributed by atoms with E-state index in [4.69, 9.17) is 21.1 Å². The number of halogens is 1. The van der Waals surface area contributed by atoms with Crippen LogP contribution >= 0.6 is 11.6 Å². The van der Waals surface area contributed by atoms with Crippen molar-refractivity contribution in [2.24, 2.45) is 0 Å². The molecule has 0 aliphatic rings. The van der Waals surface area contributed by atoms with Crippen LogP contribution in [-0.2, 0) is 11.3 Å². The van der Waals surface area contributed by atoms with Crippen LogP contribution in [0.4, 0.5) is 5.69 Å². The van der Waals surface area contributed by atoms with Crippen LogP contribution in [0.15, 0.2) is 48.5 Å². The normalized spacial score (nSPS) is 10.6. The average Bonchev–Trinajstić information content (AvgIpc) is 3.06. The Morgan fingerprint density at radius 2 is 1.96 bits per heavy atom. The lowest BCUT2D eigenvalue weighted by Crippen LogP contribution is -2.16. The highest BCUT2D eigenvalue weighted by atomic mass is 35.5. The molecule has 0 aliphatic carbocycles. The SMILES string of the molecule is COCc1c(C(=O)Nc2cccc(OC)c2)nnn1-c1ccc(Cl)cc1. The van der Waals surface area contributed by atoms with Crippen LogP contribution in [0.25, 0.3) is 5.69 Å². The Balaban J connectivity index is 1.91. The van der Waals surface area contributed by atoms with Gasteiger partial charge in [-0.15, -0.1) is 5.10 Å². The lowest BCUT2D eigenvalue weighted by Gasteiger charge is -2.08.